The Morgan fingerprint density at radius 1 is 1.55 bits per heavy atom. The fraction of sp³-hybridized carbons (Fsp3) is 0.154. The summed E-state index contributed by atoms with van der Waals surface area (Å²) in [6, 6.07) is 4.51. The van der Waals surface area contributed by atoms with Crippen LogP contribution in [0.2, 0.25) is 5.02 Å². The molecule has 0 aliphatic heterocycles. The number of aliphatic carboxylic acids is 1. The highest BCUT2D eigenvalue weighted by molar-refractivity contribution is 6.32. The lowest BCUT2D eigenvalue weighted by atomic mass is 10.2. The van der Waals surface area contributed by atoms with Crippen molar-refractivity contribution in [2.45, 2.75) is 12.5 Å². The lowest BCUT2D eigenvalue weighted by molar-refractivity contribution is -0.139. The maximum absolute atomic E-state index is 11.6. The van der Waals surface area contributed by atoms with Crippen LogP contribution in [0.4, 0.5) is 10.5 Å². The molecule has 2 amide bonds. The van der Waals surface area contributed by atoms with E-state index in [-0.39, 0.29) is 17.0 Å². The molecule has 0 spiro atoms. The molecule has 7 heteroatoms. The molecule has 1 aromatic carbocycles. The first-order valence-electron chi connectivity index (χ1n) is 5.58. The van der Waals surface area contributed by atoms with Gasteiger partial charge in [0.1, 0.15) is 12.1 Å². The van der Waals surface area contributed by atoms with E-state index in [0.29, 0.717) is 5.69 Å². The second-order valence-electron chi connectivity index (χ2n) is 3.82. The summed E-state index contributed by atoms with van der Waals surface area (Å²) < 4.78 is 0. The number of hydrogen-bond acceptors (Lipinski definition) is 3. The van der Waals surface area contributed by atoms with E-state index in [1.54, 1.807) is 0 Å². The monoisotopic (exact) mass is 293 g/mol. The van der Waals surface area contributed by atoms with Crippen LogP contribution in [-0.2, 0) is 4.79 Å². The van der Waals surface area contributed by atoms with Crippen molar-refractivity contribution >= 4 is 29.3 Å². The third-order valence-electron chi connectivity index (χ3n) is 2.35. The molecule has 1 rings (SSSR count). The minimum absolute atomic E-state index is 0.108. The SMILES string of the molecule is C=CCC(NC(=O)Nc1ccc(C#N)c(Cl)c1)C(=O)O. The molecule has 6 nitrogen and oxygen atoms in total. The standard InChI is InChI=1S/C13H12ClN3O3/c1-2-3-11(12(18)19)17-13(20)16-9-5-4-8(7-15)10(14)6-9/h2,4-6,11H,1,3H2,(H,18,19)(H2,16,17,20). The molecule has 0 aliphatic carbocycles. The second-order valence-corrected chi connectivity index (χ2v) is 4.23. The van der Waals surface area contributed by atoms with Gasteiger partial charge in [0.15, 0.2) is 0 Å². The molecule has 0 heterocycles. The number of anilines is 1. The van der Waals surface area contributed by atoms with Gasteiger partial charge in [0.25, 0.3) is 0 Å². The van der Waals surface area contributed by atoms with Crippen LogP contribution in [0.1, 0.15) is 12.0 Å². The number of carbonyl (C=O) groups is 2. The van der Waals surface area contributed by atoms with Crippen LogP contribution in [0.3, 0.4) is 0 Å². The molecule has 0 saturated carbocycles. The van der Waals surface area contributed by atoms with Gasteiger partial charge in [-0.25, -0.2) is 9.59 Å². The molecule has 1 unspecified atom stereocenters. The summed E-state index contributed by atoms with van der Waals surface area (Å²) in [6.07, 6.45) is 1.51. The second kappa shape index (κ2) is 7.16. The van der Waals surface area contributed by atoms with Gasteiger partial charge < -0.3 is 15.7 Å². The Morgan fingerprint density at radius 3 is 2.75 bits per heavy atom. The number of carboxylic acids is 1. The van der Waals surface area contributed by atoms with E-state index in [0.717, 1.165) is 0 Å². The Morgan fingerprint density at radius 2 is 2.25 bits per heavy atom. The molecule has 0 aromatic heterocycles. The number of halogens is 1. The molecule has 0 bridgehead atoms. The lowest BCUT2D eigenvalue weighted by Gasteiger charge is -2.13. The van der Waals surface area contributed by atoms with Crippen molar-refractivity contribution < 1.29 is 14.7 Å². The Kier molecular flexibility index (Phi) is 5.56. The summed E-state index contributed by atoms with van der Waals surface area (Å²) >= 11 is 5.82. The molecule has 0 fully saturated rings. The third-order valence-corrected chi connectivity index (χ3v) is 2.67. The molecule has 0 saturated heterocycles. The van der Waals surface area contributed by atoms with Crippen LogP contribution in [0, 0.1) is 11.3 Å². The van der Waals surface area contributed by atoms with Crippen LogP contribution < -0.4 is 10.6 Å². The molecule has 104 valence electrons. The molecule has 1 aromatic rings. The number of urea groups is 1. The molecule has 3 N–H and O–H groups in total. The van der Waals surface area contributed by atoms with Crippen LogP contribution in [0.15, 0.2) is 30.9 Å². The van der Waals surface area contributed by atoms with Crippen molar-refractivity contribution in [1.82, 2.24) is 5.32 Å². The zero-order chi connectivity index (χ0) is 15.1. The number of carboxylic acid groups (broad SMARTS) is 1. The summed E-state index contributed by atoms with van der Waals surface area (Å²) in [7, 11) is 0. The minimum Gasteiger partial charge on any atom is -0.480 e. The molecule has 20 heavy (non-hydrogen) atoms. The van der Waals surface area contributed by atoms with E-state index < -0.39 is 18.0 Å². The fourth-order valence-electron chi connectivity index (χ4n) is 1.40. The number of hydrogen-bond donors (Lipinski definition) is 3. The van der Waals surface area contributed by atoms with Crippen molar-refractivity contribution in [2.75, 3.05) is 5.32 Å². The predicted octanol–water partition coefficient (Wildman–Crippen LogP) is 2.36. The van der Waals surface area contributed by atoms with Gasteiger partial charge in [-0.05, 0) is 24.6 Å². The predicted molar refractivity (Wildman–Crippen MR) is 74.6 cm³/mol. The van der Waals surface area contributed by atoms with E-state index >= 15 is 0 Å². The minimum atomic E-state index is -1.15. The Bertz CT molecular complexity index is 581. The smallest absolute Gasteiger partial charge is 0.326 e. The van der Waals surface area contributed by atoms with Gasteiger partial charge in [0, 0.05) is 5.69 Å². The first-order chi connectivity index (χ1) is 9.47. The summed E-state index contributed by atoms with van der Waals surface area (Å²) in [5.74, 6) is -1.15. The summed E-state index contributed by atoms with van der Waals surface area (Å²) in [6.45, 7) is 3.42. The lowest BCUT2D eigenvalue weighted by Crippen LogP contribution is -2.42. The van der Waals surface area contributed by atoms with E-state index in [4.69, 9.17) is 22.0 Å². The highest BCUT2D eigenvalue weighted by atomic mass is 35.5. The van der Waals surface area contributed by atoms with Gasteiger partial charge in [0.05, 0.1) is 10.6 Å². The third kappa shape index (κ3) is 4.30. The number of nitriles is 1. The molecular formula is C13H12ClN3O3. The first-order valence-corrected chi connectivity index (χ1v) is 5.96. The average molecular weight is 294 g/mol. The number of amides is 2. The number of benzene rings is 1. The summed E-state index contributed by atoms with van der Waals surface area (Å²) in [5.41, 5.74) is 0.641. The number of rotatable bonds is 5. The number of nitrogens with one attached hydrogen (secondary N) is 2. The highest BCUT2D eigenvalue weighted by Gasteiger charge is 2.18. The summed E-state index contributed by atoms with van der Waals surface area (Å²) in [4.78, 5) is 22.5. The first kappa shape index (κ1) is 15.5. The van der Waals surface area contributed by atoms with Crippen LogP contribution in [0.25, 0.3) is 0 Å². The normalized spacial score (nSPS) is 11.0. The topological polar surface area (TPSA) is 102 Å². The van der Waals surface area contributed by atoms with E-state index in [1.807, 2.05) is 6.07 Å². The molecular weight excluding hydrogens is 282 g/mol. The van der Waals surface area contributed by atoms with Gasteiger partial charge in [0.2, 0.25) is 0 Å². The highest BCUT2D eigenvalue weighted by Crippen LogP contribution is 2.20. The maximum atomic E-state index is 11.6. The average Bonchev–Trinajstić information content (AvgIpc) is 2.38. The maximum Gasteiger partial charge on any atom is 0.326 e. The number of carbonyl (C=O) groups excluding carboxylic acids is 1. The van der Waals surface area contributed by atoms with Crippen molar-refractivity contribution in [1.29, 1.82) is 5.26 Å². The Balaban J connectivity index is 2.71. The van der Waals surface area contributed by atoms with Crippen LogP contribution in [-0.4, -0.2) is 23.1 Å². The van der Waals surface area contributed by atoms with Gasteiger partial charge in [-0.1, -0.05) is 17.7 Å². The summed E-state index contributed by atoms with van der Waals surface area (Å²) in [5, 5.41) is 22.5. The van der Waals surface area contributed by atoms with Crippen molar-refractivity contribution in [2.24, 2.45) is 0 Å². The molecule has 0 aliphatic rings. The largest absolute Gasteiger partial charge is 0.480 e. The molecule has 0 radical (unpaired) electrons. The molecule has 1 atom stereocenters. The van der Waals surface area contributed by atoms with E-state index in [9.17, 15) is 9.59 Å². The zero-order valence-electron chi connectivity index (χ0n) is 10.4. The van der Waals surface area contributed by atoms with Gasteiger partial charge in [-0.15, -0.1) is 6.58 Å². The Hall–Kier alpha value is -2.52. The van der Waals surface area contributed by atoms with Crippen molar-refractivity contribution in [3.8, 4) is 6.07 Å². The number of nitrogens with zero attached hydrogens (tertiary/aromatic N) is 1. The zero-order valence-corrected chi connectivity index (χ0v) is 11.1. The van der Waals surface area contributed by atoms with E-state index in [2.05, 4.69) is 17.2 Å². The fourth-order valence-corrected chi connectivity index (χ4v) is 1.62. The van der Waals surface area contributed by atoms with E-state index in [1.165, 1.54) is 24.3 Å². The van der Waals surface area contributed by atoms with Crippen molar-refractivity contribution in [3.05, 3.63) is 41.4 Å². The van der Waals surface area contributed by atoms with Crippen molar-refractivity contribution in [3.63, 3.8) is 0 Å². The van der Waals surface area contributed by atoms with Gasteiger partial charge in [-0.2, -0.15) is 5.26 Å². The van der Waals surface area contributed by atoms with Gasteiger partial charge >= 0.3 is 12.0 Å². The van der Waals surface area contributed by atoms with Crippen LogP contribution >= 0.6 is 11.6 Å². The van der Waals surface area contributed by atoms with Gasteiger partial charge in [-0.3, -0.25) is 0 Å². The van der Waals surface area contributed by atoms with Crippen LogP contribution in [0.5, 0.6) is 0 Å². The Labute approximate surface area is 120 Å². The quantitative estimate of drug-likeness (QED) is 0.725.